The van der Waals surface area contributed by atoms with Crippen LogP contribution in [0.5, 0.6) is 0 Å². The molecular weight excluding hydrogens is 252 g/mol. The molecule has 0 atom stereocenters. The molecule has 1 aromatic heterocycles. The van der Waals surface area contributed by atoms with Crippen molar-refractivity contribution in [1.29, 1.82) is 0 Å². The molecule has 2 aromatic rings. The normalized spacial score (nSPS) is 11.8. The number of hydrogen-bond acceptors (Lipinski definition) is 3. The van der Waals surface area contributed by atoms with Crippen LogP contribution in [-0.2, 0) is 21.5 Å². The summed E-state index contributed by atoms with van der Waals surface area (Å²) in [5, 5.41) is 5.74. The lowest BCUT2D eigenvalue weighted by molar-refractivity contribution is -0.142. The van der Waals surface area contributed by atoms with Crippen LogP contribution in [0.4, 0.5) is 0 Å². The summed E-state index contributed by atoms with van der Waals surface area (Å²) in [6.45, 7) is 10.6. The zero-order chi connectivity index (χ0) is 14.9. The number of benzene rings is 1. The monoisotopic (exact) mass is 274 g/mol. The van der Waals surface area contributed by atoms with Crippen molar-refractivity contribution in [3.8, 4) is 0 Å². The number of carbonyl (C=O) groups is 1. The maximum Gasteiger partial charge on any atom is 0.310 e. The van der Waals surface area contributed by atoms with Crippen molar-refractivity contribution in [2.24, 2.45) is 0 Å². The average molecular weight is 274 g/mol. The Kier molecular flexibility index (Phi) is 3.84. The van der Waals surface area contributed by atoms with E-state index < -0.39 is 0 Å². The van der Waals surface area contributed by atoms with Gasteiger partial charge in [0.2, 0.25) is 0 Å². The molecule has 0 aliphatic rings. The van der Waals surface area contributed by atoms with Gasteiger partial charge in [-0.1, -0.05) is 18.2 Å². The van der Waals surface area contributed by atoms with E-state index in [-0.39, 0.29) is 17.9 Å². The summed E-state index contributed by atoms with van der Waals surface area (Å²) in [7, 11) is 0. The lowest BCUT2D eigenvalue weighted by Gasteiger charge is -2.21. The maximum absolute atomic E-state index is 11.8. The van der Waals surface area contributed by atoms with Gasteiger partial charge in [-0.05, 0) is 40.2 Å². The van der Waals surface area contributed by atoms with Gasteiger partial charge in [0.25, 0.3) is 0 Å². The summed E-state index contributed by atoms with van der Waals surface area (Å²) in [6, 6.07) is 6.00. The highest BCUT2D eigenvalue weighted by atomic mass is 16.5. The molecule has 0 spiro atoms. The molecule has 1 heterocycles. The Labute approximate surface area is 119 Å². The number of fused-ring (bicyclic) bond motifs is 1. The van der Waals surface area contributed by atoms with Gasteiger partial charge in [0.1, 0.15) is 0 Å². The molecule has 0 fully saturated rings. The number of para-hydroxylation sites is 1. The minimum absolute atomic E-state index is 0.128. The molecule has 108 valence electrons. The fraction of sp³-hybridized carbons (Fsp3) is 0.500. The predicted octanol–water partition coefficient (Wildman–Crippen LogP) is 3.21. The van der Waals surface area contributed by atoms with Crippen molar-refractivity contribution in [2.75, 3.05) is 6.61 Å². The van der Waals surface area contributed by atoms with E-state index in [0.29, 0.717) is 6.61 Å². The Hall–Kier alpha value is -1.84. The first-order valence-electron chi connectivity index (χ1n) is 6.98. The Balaban J connectivity index is 2.58. The van der Waals surface area contributed by atoms with E-state index in [2.05, 4.69) is 31.9 Å². The van der Waals surface area contributed by atoms with Gasteiger partial charge < -0.3 is 4.74 Å². The first kappa shape index (κ1) is 14.6. The van der Waals surface area contributed by atoms with Crippen LogP contribution < -0.4 is 0 Å². The van der Waals surface area contributed by atoms with Crippen LogP contribution >= 0.6 is 0 Å². The van der Waals surface area contributed by atoms with Gasteiger partial charge in [0, 0.05) is 5.39 Å². The largest absolute Gasteiger partial charge is 0.466 e. The fourth-order valence-corrected chi connectivity index (χ4v) is 2.38. The summed E-state index contributed by atoms with van der Waals surface area (Å²) in [5.74, 6) is -0.195. The van der Waals surface area contributed by atoms with Crippen LogP contribution in [0, 0.1) is 6.92 Å². The van der Waals surface area contributed by atoms with E-state index in [0.717, 1.165) is 22.2 Å². The molecule has 0 bridgehead atoms. The molecule has 4 nitrogen and oxygen atoms in total. The van der Waals surface area contributed by atoms with Gasteiger partial charge in [-0.2, -0.15) is 5.10 Å². The second kappa shape index (κ2) is 5.27. The van der Waals surface area contributed by atoms with Crippen molar-refractivity contribution in [2.45, 2.75) is 46.6 Å². The van der Waals surface area contributed by atoms with E-state index >= 15 is 0 Å². The molecule has 0 unspecified atom stereocenters. The van der Waals surface area contributed by atoms with E-state index in [1.807, 2.05) is 30.7 Å². The molecular formula is C16H22N2O2. The topological polar surface area (TPSA) is 44.1 Å². The highest BCUT2D eigenvalue weighted by Crippen LogP contribution is 2.27. The van der Waals surface area contributed by atoms with Crippen LogP contribution in [0.2, 0.25) is 0 Å². The molecule has 0 radical (unpaired) electrons. The van der Waals surface area contributed by atoms with Gasteiger partial charge in [0.15, 0.2) is 0 Å². The van der Waals surface area contributed by atoms with Gasteiger partial charge in [0.05, 0.1) is 29.8 Å². The average Bonchev–Trinajstić information content (AvgIpc) is 2.68. The second-order valence-corrected chi connectivity index (χ2v) is 5.96. The quantitative estimate of drug-likeness (QED) is 0.807. The number of rotatable bonds is 3. The SMILES string of the molecule is CCOC(=O)Cc1cccc2c(C)nn(C(C)(C)C)c12. The Morgan fingerprint density at radius 1 is 1.35 bits per heavy atom. The van der Waals surface area contributed by atoms with E-state index in [1.165, 1.54) is 0 Å². The third-order valence-electron chi connectivity index (χ3n) is 3.25. The first-order chi connectivity index (χ1) is 9.34. The number of hydrogen-bond donors (Lipinski definition) is 0. The van der Waals surface area contributed by atoms with Crippen molar-refractivity contribution in [3.63, 3.8) is 0 Å². The highest BCUT2D eigenvalue weighted by Gasteiger charge is 2.21. The number of esters is 1. The minimum Gasteiger partial charge on any atom is -0.466 e. The summed E-state index contributed by atoms with van der Waals surface area (Å²) in [5.41, 5.74) is 2.86. The fourth-order valence-electron chi connectivity index (χ4n) is 2.38. The summed E-state index contributed by atoms with van der Waals surface area (Å²) in [6.07, 6.45) is 0.284. The molecule has 0 aliphatic heterocycles. The summed E-state index contributed by atoms with van der Waals surface area (Å²) < 4.78 is 7.06. The standard InChI is InChI=1S/C16H22N2O2/c1-6-20-14(19)10-12-8-7-9-13-11(2)17-18(15(12)13)16(3,4)5/h7-9H,6,10H2,1-5H3. The van der Waals surface area contributed by atoms with Crippen LogP contribution in [0.15, 0.2) is 18.2 Å². The number of nitrogens with zero attached hydrogens (tertiary/aromatic N) is 2. The van der Waals surface area contributed by atoms with Crippen molar-refractivity contribution in [1.82, 2.24) is 9.78 Å². The maximum atomic E-state index is 11.8. The smallest absolute Gasteiger partial charge is 0.310 e. The lowest BCUT2D eigenvalue weighted by Crippen LogP contribution is -2.24. The van der Waals surface area contributed by atoms with E-state index in [4.69, 9.17) is 4.74 Å². The van der Waals surface area contributed by atoms with Crippen molar-refractivity contribution < 1.29 is 9.53 Å². The summed E-state index contributed by atoms with van der Waals surface area (Å²) in [4.78, 5) is 11.8. The summed E-state index contributed by atoms with van der Waals surface area (Å²) >= 11 is 0. The van der Waals surface area contributed by atoms with Gasteiger partial charge in [-0.3, -0.25) is 9.48 Å². The molecule has 0 N–H and O–H groups in total. The van der Waals surface area contributed by atoms with Crippen molar-refractivity contribution in [3.05, 3.63) is 29.5 Å². The molecule has 2 rings (SSSR count). The Morgan fingerprint density at radius 3 is 2.65 bits per heavy atom. The minimum atomic E-state index is -0.195. The number of carbonyl (C=O) groups excluding carboxylic acids is 1. The molecule has 0 saturated heterocycles. The van der Waals surface area contributed by atoms with Crippen molar-refractivity contribution >= 4 is 16.9 Å². The highest BCUT2D eigenvalue weighted by molar-refractivity contribution is 5.88. The predicted molar refractivity (Wildman–Crippen MR) is 79.8 cm³/mol. The van der Waals surface area contributed by atoms with Crippen LogP contribution in [0.1, 0.15) is 39.0 Å². The molecule has 0 saturated carbocycles. The zero-order valence-corrected chi connectivity index (χ0v) is 12.9. The van der Waals surface area contributed by atoms with Gasteiger partial charge >= 0.3 is 5.97 Å². The molecule has 1 aromatic carbocycles. The Morgan fingerprint density at radius 2 is 2.05 bits per heavy atom. The van der Waals surface area contributed by atoms with Crippen LogP contribution in [0.3, 0.4) is 0 Å². The number of aromatic nitrogens is 2. The van der Waals surface area contributed by atoms with E-state index in [1.54, 1.807) is 0 Å². The molecule has 0 amide bonds. The van der Waals surface area contributed by atoms with Crippen LogP contribution in [0.25, 0.3) is 10.9 Å². The zero-order valence-electron chi connectivity index (χ0n) is 12.9. The van der Waals surface area contributed by atoms with Gasteiger partial charge in [-0.25, -0.2) is 0 Å². The third kappa shape index (κ3) is 2.69. The van der Waals surface area contributed by atoms with Crippen LogP contribution in [-0.4, -0.2) is 22.4 Å². The Bertz CT molecular complexity index is 636. The molecule has 20 heavy (non-hydrogen) atoms. The van der Waals surface area contributed by atoms with E-state index in [9.17, 15) is 4.79 Å². The molecule has 4 heteroatoms. The first-order valence-corrected chi connectivity index (χ1v) is 6.98. The number of aryl methyl sites for hydroxylation is 1. The molecule has 0 aliphatic carbocycles. The number of ether oxygens (including phenoxy) is 1. The third-order valence-corrected chi connectivity index (χ3v) is 3.25. The lowest BCUT2D eigenvalue weighted by atomic mass is 10.0. The second-order valence-electron chi connectivity index (χ2n) is 5.96. The van der Waals surface area contributed by atoms with Gasteiger partial charge in [-0.15, -0.1) is 0 Å².